The maximum absolute atomic E-state index is 13.1. The molecule has 0 aromatic heterocycles. The van der Waals surface area contributed by atoms with E-state index in [1.807, 2.05) is 23.1 Å². The van der Waals surface area contributed by atoms with Gasteiger partial charge in [-0.1, -0.05) is 6.07 Å². The number of rotatable bonds is 4. The summed E-state index contributed by atoms with van der Waals surface area (Å²) in [6.45, 7) is 2.25. The quantitative estimate of drug-likeness (QED) is 0.808. The molecule has 1 fully saturated rings. The molecule has 1 atom stereocenters. The number of methoxy groups -OCH3 is 2. The van der Waals surface area contributed by atoms with E-state index in [2.05, 4.69) is 11.9 Å². The van der Waals surface area contributed by atoms with Crippen molar-refractivity contribution >= 4 is 5.91 Å². The third-order valence-electron chi connectivity index (χ3n) is 5.35. The van der Waals surface area contributed by atoms with Crippen LogP contribution in [-0.4, -0.2) is 63.4 Å². The van der Waals surface area contributed by atoms with Gasteiger partial charge in [-0.2, -0.15) is 0 Å². The van der Waals surface area contributed by atoms with Gasteiger partial charge in [0.25, 0.3) is 5.91 Å². The Morgan fingerprint density at radius 3 is 2.57 bits per heavy atom. The summed E-state index contributed by atoms with van der Waals surface area (Å²) in [5, 5.41) is 0. The molecule has 2 aromatic rings. The molecule has 2 aliphatic heterocycles. The molecule has 2 heterocycles. The van der Waals surface area contributed by atoms with Gasteiger partial charge in [-0.25, -0.2) is 0 Å². The zero-order valence-electron chi connectivity index (χ0n) is 16.3. The van der Waals surface area contributed by atoms with Crippen molar-refractivity contribution in [3.63, 3.8) is 0 Å². The fourth-order valence-corrected chi connectivity index (χ4v) is 3.69. The number of piperazine rings is 1. The third kappa shape index (κ3) is 3.33. The molecule has 1 amide bonds. The Labute approximate surface area is 164 Å². The first kappa shape index (κ1) is 18.4. The molecule has 2 aliphatic rings. The summed E-state index contributed by atoms with van der Waals surface area (Å²) in [4.78, 5) is 17.2. The largest absolute Gasteiger partial charge is 0.493 e. The molecular formula is C21H24N2O5. The summed E-state index contributed by atoms with van der Waals surface area (Å²) in [6, 6.07) is 11.3. The molecule has 4 rings (SSSR count). The number of hydrogen-bond acceptors (Lipinski definition) is 6. The minimum atomic E-state index is -0.00289. The molecule has 0 aliphatic carbocycles. The van der Waals surface area contributed by atoms with E-state index in [1.54, 1.807) is 32.4 Å². The molecule has 0 saturated carbocycles. The molecule has 1 unspecified atom stereocenters. The van der Waals surface area contributed by atoms with E-state index < -0.39 is 0 Å². The highest BCUT2D eigenvalue weighted by molar-refractivity contribution is 5.95. The molecule has 0 radical (unpaired) electrons. The van der Waals surface area contributed by atoms with Crippen molar-refractivity contribution in [2.75, 3.05) is 47.7 Å². The summed E-state index contributed by atoms with van der Waals surface area (Å²) in [5.41, 5.74) is 1.70. The Kier molecular flexibility index (Phi) is 5.00. The van der Waals surface area contributed by atoms with Gasteiger partial charge in [-0.05, 0) is 42.9 Å². The summed E-state index contributed by atoms with van der Waals surface area (Å²) >= 11 is 0. The van der Waals surface area contributed by atoms with Crippen LogP contribution in [0.5, 0.6) is 23.0 Å². The van der Waals surface area contributed by atoms with Gasteiger partial charge in [0.15, 0.2) is 23.0 Å². The fraction of sp³-hybridized carbons (Fsp3) is 0.381. The van der Waals surface area contributed by atoms with E-state index in [0.29, 0.717) is 41.7 Å². The Bertz CT molecular complexity index is 885. The molecule has 148 valence electrons. The average Bonchev–Trinajstić information content (AvgIpc) is 3.21. The molecule has 0 bridgehead atoms. The maximum atomic E-state index is 13.1. The molecule has 0 spiro atoms. The zero-order chi connectivity index (χ0) is 19.7. The van der Waals surface area contributed by atoms with Crippen molar-refractivity contribution in [2.45, 2.75) is 6.04 Å². The highest BCUT2D eigenvalue weighted by Crippen LogP contribution is 2.35. The first-order valence-corrected chi connectivity index (χ1v) is 9.22. The Morgan fingerprint density at radius 1 is 1.00 bits per heavy atom. The first-order valence-electron chi connectivity index (χ1n) is 9.22. The second kappa shape index (κ2) is 7.59. The maximum Gasteiger partial charge on any atom is 0.254 e. The monoisotopic (exact) mass is 384 g/mol. The Balaban J connectivity index is 1.55. The summed E-state index contributed by atoms with van der Waals surface area (Å²) in [6.07, 6.45) is 0. The molecule has 7 nitrogen and oxygen atoms in total. The lowest BCUT2D eigenvalue weighted by Gasteiger charge is -2.40. The molecule has 2 aromatic carbocycles. The zero-order valence-corrected chi connectivity index (χ0v) is 16.3. The van der Waals surface area contributed by atoms with E-state index in [4.69, 9.17) is 18.9 Å². The number of likely N-dealkylation sites (N-methyl/N-ethyl adjacent to an activating group) is 1. The SMILES string of the molecule is COc1ccc(C2CN(C(=O)c3ccc4c(c3)OCO4)CCN2C)cc1OC. The standard InChI is InChI=1S/C21H24N2O5/c1-22-8-9-23(21(24)15-5-7-18-20(11-15)28-13-27-18)12-16(22)14-4-6-17(25-2)19(10-14)26-3/h4-7,10-11,16H,8-9,12-13H2,1-3H3. The minimum absolute atomic E-state index is 0.00289. The third-order valence-corrected chi connectivity index (χ3v) is 5.35. The number of hydrogen-bond donors (Lipinski definition) is 0. The normalized spacial score (nSPS) is 18.8. The van der Waals surface area contributed by atoms with Gasteiger partial charge in [0.2, 0.25) is 6.79 Å². The Hall–Kier alpha value is -2.93. The van der Waals surface area contributed by atoms with Crippen LogP contribution in [0.1, 0.15) is 22.0 Å². The van der Waals surface area contributed by atoms with Gasteiger partial charge in [-0.3, -0.25) is 9.69 Å². The lowest BCUT2D eigenvalue weighted by molar-refractivity contribution is 0.0545. The second-order valence-corrected chi connectivity index (χ2v) is 6.93. The lowest BCUT2D eigenvalue weighted by Crippen LogP contribution is -2.49. The van der Waals surface area contributed by atoms with Gasteiger partial charge in [0.1, 0.15) is 0 Å². The summed E-state index contributed by atoms with van der Waals surface area (Å²) < 4.78 is 21.5. The van der Waals surface area contributed by atoms with Crippen LogP contribution < -0.4 is 18.9 Å². The van der Waals surface area contributed by atoms with Crippen LogP contribution in [0.3, 0.4) is 0 Å². The van der Waals surface area contributed by atoms with E-state index in [-0.39, 0.29) is 18.7 Å². The minimum Gasteiger partial charge on any atom is -0.493 e. The van der Waals surface area contributed by atoms with Gasteiger partial charge < -0.3 is 23.8 Å². The van der Waals surface area contributed by atoms with Crippen LogP contribution >= 0.6 is 0 Å². The fourth-order valence-electron chi connectivity index (χ4n) is 3.69. The van der Waals surface area contributed by atoms with Crippen molar-refractivity contribution in [3.8, 4) is 23.0 Å². The second-order valence-electron chi connectivity index (χ2n) is 6.93. The highest BCUT2D eigenvalue weighted by Gasteiger charge is 2.30. The number of carbonyl (C=O) groups is 1. The number of nitrogens with zero attached hydrogens (tertiary/aromatic N) is 2. The van der Waals surface area contributed by atoms with Crippen LogP contribution in [0.2, 0.25) is 0 Å². The van der Waals surface area contributed by atoms with E-state index >= 15 is 0 Å². The van der Waals surface area contributed by atoms with Gasteiger partial charge in [-0.15, -0.1) is 0 Å². The van der Waals surface area contributed by atoms with Crippen molar-refractivity contribution in [1.82, 2.24) is 9.80 Å². The van der Waals surface area contributed by atoms with E-state index in [1.165, 1.54) is 0 Å². The number of fused-ring (bicyclic) bond motifs is 1. The van der Waals surface area contributed by atoms with Crippen molar-refractivity contribution in [2.24, 2.45) is 0 Å². The summed E-state index contributed by atoms with van der Waals surface area (Å²) in [7, 11) is 5.32. The Morgan fingerprint density at radius 2 is 1.79 bits per heavy atom. The van der Waals surface area contributed by atoms with E-state index in [9.17, 15) is 4.79 Å². The first-order chi connectivity index (χ1) is 13.6. The highest BCUT2D eigenvalue weighted by atomic mass is 16.7. The predicted molar refractivity (Wildman–Crippen MR) is 103 cm³/mol. The molecule has 7 heteroatoms. The average molecular weight is 384 g/mol. The van der Waals surface area contributed by atoms with Crippen LogP contribution in [0.15, 0.2) is 36.4 Å². The number of ether oxygens (including phenoxy) is 4. The smallest absolute Gasteiger partial charge is 0.254 e. The summed E-state index contributed by atoms with van der Waals surface area (Å²) in [5.74, 6) is 2.68. The van der Waals surface area contributed by atoms with Gasteiger partial charge >= 0.3 is 0 Å². The van der Waals surface area contributed by atoms with Crippen LogP contribution in [0.4, 0.5) is 0 Å². The number of benzene rings is 2. The van der Waals surface area contributed by atoms with Gasteiger partial charge in [0, 0.05) is 25.2 Å². The van der Waals surface area contributed by atoms with Crippen molar-refractivity contribution in [3.05, 3.63) is 47.5 Å². The predicted octanol–water partition coefficient (Wildman–Crippen LogP) is 2.56. The number of carbonyl (C=O) groups excluding carboxylic acids is 1. The van der Waals surface area contributed by atoms with Crippen LogP contribution in [-0.2, 0) is 0 Å². The van der Waals surface area contributed by atoms with E-state index in [0.717, 1.165) is 12.1 Å². The molecular weight excluding hydrogens is 360 g/mol. The van der Waals surface area contributed by atoms with Crippen LogP contribution in [0.25, 0.3) is 0 Å². The van der Waals surface area contributed by atoms with Crippen LogP contribution in [0, 0.1) is 0 Å². The van der Waals surface area contributed by atoms with Crippen molar-refractivity contribution < 1.29 is 23.7 Å². The molecule has 1 saturated heterocycles. The van der Waals surface area contributed by atoms with Gasteiger partial charge in [0.05, 0.1) is 20.3 Å². The molecule has 28 heavy (non-hydrogen) atoms. The topological polar surface area (TPSA) is 60.5 Å². The lowest BCUT2D eigenvalue weighted by atomic mass is 10.0. The van der Waals surface area contributed by atoms with Crippen molar-refractivity contribution in [1.29, 1.82) is 0 Å². The molecule has 0 N–H and O–H groups in total. The number of amides is 1.